The monoisotopic (exact) mass is 739 g/mol. The van der Waals surface area contributed by atoms with Crippen molar-refractivity contribution in [3.8, 4) is 45.2 Å². The van der Waals surface area contributed by atoms with Crippen LogP contribution in [0.1, 0.15) is 5.56 Å². The molecule has 5 nitrogen and oxygen atoms in total. The molecular formula is C41H24F6NO4P. The Labute approximate surface area is 298 Å². The van der Waals surface area contributed by atoms with Crippen LogP contribution in [0.2, 0.25) is 0 Å². The van der Waals surface area contributed by atoms with E-state index in [0.717, 1.165) is 17.2 Å². The molecule has 53 heavy (non-hydrogen) atoms. The lowest BCUT2D eigenvalue weighted by Crippen LogP contribution is -2.26. The van der Waals surface area contributed by atoms with Gasteiger partial charge in [-0.15, -0.1) is 0 Å². The van der Waals surface area contributed by atoms with Gasteiger partial charge in [-0.25, -0.2) is 0 Å². The lowest BCUT2D eigenvalue weighted by Gasteiger charge is -2.30. The Hall–Kier alpha value is -6.19. The molecule has 0 fully saturated rings. The summed E-state index contributed by atoms with van der Waals surface area (Å²) < 4.78 is 120. The minimum absolute atomic E-state index is 0.0683. The average molecular weight is 740 g/mol. The van der Waals surface area contributed by atoms with Crippen molar-refractivity contribution in [3.63, 3.8) is 0 Å². The topological polar surface area (TPSA) is 49.7 Å². The van der Waals surface area contributed by atoms with E-state index in [1.54, 1.807) is 84.9 Å². The predicted molar refractivity (Wildman–Crippen MR) is 192 cm³/mol. The molecule has 0 N–H and O–H groups in total. The van der Waals surface area contributed by atoms with E-state index >= 15 is 8.96 Å². The van der Waals surface area contributed by atoms with Crippen molar-refractivity contribution in [2.75, 3.05) is 0 Å². The van der Waals surface area contributed by atoms with Gasteiger partial charge in [-0.2, -0.15) is 26.3 Å². The second kappa shape index (κ2) is 13.1. The van der Waals surface area contributed by atoms with Gasteiger partial charge < -0.3 is 18.6 Å². The van der Waals surface area contributed by atoms with Crippen molar-refractivity contribution >= 4 is 39.8 Å². The Morgan fingerprint density at radius 3 is 1.98 bits per heavy atom. The zero-order valence-electron chi connectivity index (χ0n) is 27.4. The first-order valence-electron chi connectivity index (χ1n) is 16.1. The minimum atomic E-state index is -4.60. The third-order valence-electron chi connectivity index (χ3n) is 8.96. The highest BCUT2D eigenvalue weighted by Gasteiger charge is 2.43. The van der Waals surface area contributed by atoms with Gasteiger partial charge in [0.25, 0.3) is 0 Å². The highest BCUT2D eigenvalue weighted by atomic mass is 31.2. The van der Waals surface area contributed by atoms with E-state index in [9.17, 15) is 22.0 Å². The van der Waals surface area contributed by atoms with Crippen LogP contribution < -0.4 is 24.6 Å². The van der Waals surface area contributed by atoms with Gasteiger partial charge in [0.2, 0.25) is 0 Å². The number of halogens is 6. The molecule has 1 atom stereocenters. The summed E-state index contributed by atoms with van der Waals surface area (Å²) >= 11 is 0. The Balaban J connectivity index is 1.58. The van der Waals surface area contributed by atoms with Crippen LogP contribution in [0.25, 0.3) is 49.7 Å². The molecule has 8 rings (SSSR count). The maximum Gasteiger partial charge on any atom is 0.344 e. The highest BCUT2D eigenvalue weighted by molar-refractivity contribution is 7.75. The average Bonchev–Trinajstić information content (AvgIpc) is 3.51. The molecule has 0 spiro atoms. The minimum Gasteiger partial charge on any atom is -0.436 e. The predicted octanol–water partition coefficient (Wildman–Crippen LogP) is 11.9. The van der Waals surface area contributed by atoms with Crippen LogP contribution >= 0.6 is 7.37 Å². The van der Waals surface area contributed by atoms with Gasteiger partial charge >= 0.3 is 31.6 Å². The van der Waals surface area contributed by atoms with E-state index < -0.39 is 48.4 Å². The van der Waals surface area contributed by atoms with Crippen molar-refractivity contribution in [2.45, 2.75) is 6.92 Å². The lowest BCUT2D eigenvalue weighted by molar-refractivity contribution is 0.240. The fourth-order valence-corrected chi connectivity index (χ4v) is 9.07. The maximum atomic E-state index is 15.6. The Morgan fingerprint density at radius 1 is 0.642 bits per heavy atom. The molecule has 7 aromatic rings. The van der Waals surface area contributed by atoms with Crippen molar-refractivity contribution < 1.29 is 44.9 Å². The van der Waals surface area contributed by atoms with Crippen LogP contribution in [0.3, 0.4) is 0 Å². The highest BCUT2D eigenvalue weighted by Crippen LogP contribution is 2.58. The van der Waals surface area contributed by atoms with Crippen LogP contribution in [0.4, 0.5) is 26.3 Å². The molecule has 0 bridgehead atoms. The molecule has 1 aliphatic rings. The third-order valence-corrected chi connectivity index (χ3v) is 11.4. The number of nitrogens with zero attached hydrogens (tertiary/aromatic N) is 1. The van der Waals surface area contributed by atoms with Gasteiger partial charge in [-0.05, 0) is 60.0 Å². The number of para-hydroxylation sites is 2. The molecule has 12 heteroatoms. The van der Waals surface area contributed by atoms with E-state index in [2.05, 4.69) is 0 Å². The van der Waals surface area contributed by atoms with Crippen molar-refractivity contribution in [1.29, 1.82) is 0 Å². The second-order valence-electron chi connectivity index (χ2n) is 12.1. The van der Waals surface area contributed by atoms with E-state index in [-0.39, 0.29) is 27.3 Å². The zero-order valence-corrected chi connectivity index (χ0v) is 28.3. The summed E-state index contributed by atoms with van der Waals surface area (Å²) in [4.78, 5) is 0. The molecule has 0 saturated heterocycles. The summed E-state index contributed by atoms with van der Waals surface area (Å²) in [6.45, 7) is 1.92. The van der Waals surface area contributed by atoms with Crippen molar-refractivity contribution in [2.24, 2.45) is 0 Å². The number of hydrogen-bond donors (Lipinski definition) is 0. The first-order valence-corrected chi connectivity index (χ1v) is 17.7. The van der Waals surface area contributed by atoms with E-state index in [4.69, 9.17) is 14.0 Å². The number of hydrogen-bond acceptors (Lipinski definition) is 4. The van der Waals surface area contributed by atoms with Crippen LogP contribution in [0, 0.1) is 6.92 Å². The van der Waals surface area contributed by atoms with Crippen LogP contribution in [-0.4, -0.2) is 4.57 Å². The first-order chi connectivity index (χ1) is 25.5. The van der Waals surface area contributed by atoms with E-state index in [0.29, 0.717) is 27.9 Å². The van der Waals surface area contributed by atoms with Gasteiger partial charge in [0.05, 0.1) is 21.5 Å². The standard InChI is InChI=1S/C41H24F6NO4P/c1-23-15-17-24(18-16-23)25-19-20-30-29(21-25)35-36(48(30)26-9-3-2-4-10-26)32(50-40(46)38(42)43)22-34(37(35)51-41(47)39(44)45)53(49)33-14-8-6-12-28(33)27-11-5-7-13-31(27)52-53/h2-22H,1H3. The van der Waals surface area contributed by atoms with Gasteiger partial charge in [-0.3, -0.25) is 4.57 Å². The summed E-state index contributed by atoms with van der Waals surface area (Å²) in [6.07, 6.45) is -5.61. The molecule has 264 valence electrons. The molecule has 1 unspecified atom stereocenters. The summed E-state index contributed by atoms with van der Waals surface area (Å²) in [5.74, 6) is -1.16. The Morgan fingerprint density at radius 2 is 1.26 bits per heavy atom. The molecule has 0 saturated carbocycles. The van der Waals surface area contributed by atoms with Gasteiger partial charge in [-0.1, -0.05) is 90.5 Å². The van der Waals surface area contributed by atoms with Gasteiger partial charge in [0, 0.05) is 22.7 Å². The Bertz CT molecular complexity index is 2700. The van der Waals surface area contributed by atoms with Crippen molar-refractivity contribution in [3.05, 3.63) is 157 Å². The SMILES string of the molecule is Cc1ccc(-c2ccc3c(c2)c2c(OC(F)=C(F)F)c(P4(=O)Oc5ccccc5-c5ccccc54)cc(OC(F)=C(F)F)c2n3-c2ccccc2)cc1. The fraction of sp³-hybridized carbons (Fsp3) is 0.0244. The number of benzene rings is 6. The molecule has 0 radical (unpaired) electrons. The summed E-state index contributed by atoms with van der Waals surface area (Å²) in [7, 11) is -4.60. The molecule has 1 aromatic heterocycles. The first kappa shape index (κ1) is 33.9. The molecule has 2 heterocycles. The molecular weight excluding hydrogens is 715 g/mol. The van der Waals surface area contributed by atoms with Crippen LogP contribution in [0.15, 0.2) is 152 Å². The fourth-order valence-electron chi connectivity index (χ4n) is 6.67. The molecule has 6 aromatic carbocycles. The van der Waals surface area contributed by atoms with Crippen LogP contribution in [-0.2, 0) is 4.57 Å². The number of aryl methyl sites for hydroxylation is 1. The number of rotatable bonds is 7. The second-order valence-corrected chi connectivity index (χ2v) is 14.4. The molecule has 0 aliphatic carbocycles. The smallest absolute Gasteiger partial charge is 0.344 e. The summed E-state index contributed by atoms with van der Waals surface area (Å²) in [5, 5.41) is -0.445. The number of fused-ring (bicyclic) bond motifs is 6. The largest absolute Gasteiger partial charge is 0.436 e. The van der Waals surface area contributed by atoms with Gasteiger partial charge in [0.15, 0.2) is 11.5 Å². The lowest BCUT2D eigenvalue weighted by atomic mass is 10.0. The molecule has 1 aliphatic heterocycles. The van der Waals surface area contributed by atoms with E-state index in [1.165, 1.54) is 16.7 Å². The Kier molecular flexibility index (Phi) is 8.38. The van der Waals surface area contributed by atoms with Crippen LogP contribution in [0.5, 0.6) is 17.2 Å². The quantitative estimate of drug-likeness (QED) is 0.0928. The summed E-state index contributed by atoms with van der Waals surface area (Å²) in [6, 6.07) is 30.4. The maximum absolute atomic E-state index is 15.6. The third kappa shape index (κ3) is 5.74. The van der Waals surface area contributed by atoms with E-state index in [1.807, 2.05) is 31.2 Å². The normalized spacial score (nSPS) is 14.6. The molecule has 0 amide bonds. The zero-order chi connectivity index (χ0) is 37.0. The number of aromatic nitrogens is 1. The van der Waals surface area contributed by atoms with Crippen molar-refractivity contribution in [1.82, 2.24) is 4.57 Å². The summed E-state index contributed by atoms with van der Waals surface area (Å²) in [5.41, 5.74) is 3.93. The number of ether oxygens (including phenoxy) is 2. The van der Waals surface area contributed by atoms with Gasteiger partial charge in [0.1, 0.15) is 11.3 Å².